The van der Waals surface area contributed by atoms with Gasteiger partial charge in [0.15, 0.2) is 0 Å². The van der Waals surface area contributed by atoms with Gasteiger partial charge in [0, 0.05) is 36.3 Å². The molecule has 0 aromatic heterocycles. The van der Waals surface area contributed by atoms with E-state index in [0.29, 0.717) is 24.0 Å². The fraction of sp³-hybridized carbons (Fsp3) is 0.923. The second kappa shape index (κ2) is 4.81. The summed E-state index contributed by atoms with van der Waals surface area (Å²) in [5.74, 6) is 0.378. The highest BCUT2D eigenvalue weighted by Gasteiger charge is 2.43. The molecule has 3 aliphatic rings. The zero-order chi connectivity index (χ0) is 11.8. The number of nitrogens with zero attached hydrogens (tertiary/aromatic N) is 1. The first kappa shape index (κ1) is 11.8. The number of thioether (sulfide) groups is 1. The topological polar surface area (TPSA) is 32.3 Å². The second-order valence-electron chi connectivity index (χ2n) is 5.59. The minimum absolute atomic E-state index is 0.378. The molecule has 1 saturated carbocycles. The molecule has 1 N–H and O–H groups in total. The van der Waals surface area contributed by atoms with Gasteiger partial charge in [0.05, 0.1) is 0 Å². The lowest BCUT2D eigenvalue weighted by Gasteiger charge is -2.27. The standard InChI is InChI=1S/C13H22N2OS/c1-17-12-6-2-4-9(12)14-10-8-13(16)15-7-3-5-11(10)15/h9-12,14H,2-8H2,1H3. The number of rotatable bonds is 3. The lowest BCUT2D eigenvalue weighted by molar-refractivity contribution is -0.127. The summed E-state index contributed by atoms with van der Waals surface area (Å²) in [5, 5.41) is 4.56. The van der Waals surface area contributed by atoms with Crippen LogP contribution in [-0.2, 0) is 4.79 Å². The van der Waals surface area contributed by atoms with Gasteiger partial charge in [-0.2, -0.15) is 11.8 Å². The van der Waals surface area contributed by atoms with E-state index in [1.54, 1.807) is 0 Å². The fourth-order valence-electron chi connectivity index (χ4n) is 3.81. The Kier molecular flexibility index (Phi) is 3.35. The van der Waals surface area contributed by atoms with Crippen molar-refractivity contribution in [1.82, 2.24) is 10.2 Å². The van der Waals surface area contributed by atoms with Gasteiger partial charge >= 0.3 is 0 Å². The van der Waals surface area contributed by atoms with Gasteiger partial charge in [-0.1, -0.05) is 6.42 Å². The average Bonchev–Trinajstić information content (AvgIpc) is 3.00. The Morgan fingerprint density at radius 3 is 2.94 bits per heavy atom. The van der Waals surface area contributed by atoms with E-state index < -0.39 is 0 Å². The van der Waals surface area contributed by atoms with Gasteiger partial charge in [-0.25, -0.2) is 0 Å². The molecule has 4 atom stereocenters. The van der Waals surface area contributed by atoms with Gasteiger partial charge in [-0.15, -0.1) is 0 Å². The monoisotopic (exact) mass is 254 g/mol. The molecule has 17 heavy (non-hydrogen) atoms. The number of carbonyl (C=O) groups is 1. The highest BCUT2D eigenvalue weighted by atomic mass is 32.2. The van der Waals surface area contributed by atoms with Crippen LogP contribution in [0.15, 0.2) is 0 Å². The Hall–Kier alpha value is -0.220. The Morgan fingerprint density at radius 2 is 2.12 bits per heavy atom. The van der Waals surface area contributed by atoms with E-state index >= 15 is 0 Å². The molecule has 2 saturated heterocycles. The van der Waals surface area contributed by atoms with Crippen molar-refractivity contribution in [1.29, 1.82) is 0 Å². The van der Waals surface area contributed by atoms with Crippen molar-refractivity contribution in [3.63, 3.8) is 0 Å². The van der Waals surface area contributed by atoms with Crippen molar-refractivity contribution in [2.45, 2.75) is 61.9 Å². The van der Waals surface area contributed by atoms with Crippen molar-refractivity contribution >= 4 is 17.7 Å². The van der Waals surface area contributed by atoms with Crippen LogP contribution in [0.2, 0.25) is 0 Å². The third-order valence-electron chi connectivity index (χ3n) is 4.66. The van der Waals surface area contributed by atoms with Gasteiger partial charge in [0.1, 0.15) is 0 Å². The molecule has 96 valence electrons. The number of fused-ring (bicyclic) bond motifs is 1. The first-order chi connectivity index (χ1) is 8.29. The maximum Gasteiger partial charge on any atom is 0.224 e. The van der Waals surface area contributed by atoms with Gasteiger partial charge in [0.25, 0.3) is 0 Å². The molecule has 0 radical (unpaired) electrons. The summed E-state index contributed by atoms with van der Waals surface area (Å²) < 4.78 is 0. The predicted molar refractivity (Wildman–Crippen MR) is 71.2 cm³/mol. The first-order valence-corrected chi connectivity index (χ1v) is 8.16. The number of hydrogen-bond acceptors (Lipinski definition) is 3. The molecule has 2 heterocycles. The summed E-state index contributed by atoms with van der Waals surface area (Å²) in [6, 6.07) is 1.58. The zero-order valence-corrected chi connectivity index (χ0v) is 11.3. The number of nitrogens with one attached hydrogen (secondary N) is 1. The van der Waals surface area contributed by atoms with Crippen molar-refractivity contribution < 1.29 is 4.79 Å². The van der Waals surface area contributed by atoms with Crippen LogP contribution in [0, 0.1) is 0 Å². The molecule has 3 rings (SSSR count). The van der Waals surface area contributed by atoms with Crippen LogP contribution in [0.1, 0.15) is 38.5 Å². The summed E-state index contributed by atoms with van der Waals surface area (Å²) in [5.41, 5.74) is 0. The molecule has 0 bridgehead atoms. The molecular weight excluding hydrogens is 232 g/mol. The quantitative estimate of drug-likeness (QED) is 0.831. The van der Waals surface area contributed by atoms with Crippen LogP contribution in [-0.4, -0.2) is 47.0 Å². The van der Waals surface area contributed by atoms with Crippen molar-refractivity contribution in [3.8, 4) is 0 Å². The van der Waals surface area contributed by atoms with E-state index in [-0.39, 0.29) is 0 Å². The summed E-state index contributed by atoms with van der Waals surface area (Å²) in [7, 11) is 0. The second-order valence-corrected chi connectivity index (χ2v) is 6.66. The van der Waals surface area contributed by atoms with Gasteiger partial charge in [-0.3, -0.25) is 4.79 Å². The molecule has 0 aromatic rings. The summed E-state index contributed by atoms with van der Waals surface area (Å²) >= 11 is 1.99. The molecule has 2 aliphatic heterocycles. The van der Waals surface area contributed by atoms with E-state index in [1.807, 2.05) is 11.8 Å². The van der Waals surface area contributed by atoms with Crippen LogP contribution < -0.4 is 5.32 Å². The Balaban J connectivity index is 1.63. The SMILES string of the molecule is CSC1CCCC1NC1CC(=O)N2CCCC12. The van der Waals surface area contributed by atoms with Crippen LogP contribution in [0.4, 0.5) is 0 Å². The molecule has 3 fully saturated rings. The van der Waals surface area contributed by atoms with Gasteiger partial charge in [-0.05, 0) is 31.9 Å². The molecule has 4 heteroatoms. The zero-order valence-electron chi connectivity index (χ0n) is 10.5. The summed E-state index contributed by atoms with van der Waals surface area (Å²) in [6.45, 7) is 0.998. The normalized spacial score (nSPS) is 41.2. The lowest BCUT2D eigenvalue weighted by atomic mass is 10.0. The highest BCUT2D eigenvalue weighted by Crippen LogP contribution is 2.33. The molecule has 0 spiro atoms. The maximum atomic E-state index is 11.9. The van der Waals surface area contributed by atoms with E-state index in [9.17, 15) is 4.79 Å². The van der Waals surface area contributed by atoms with Crippen LogP contribution in [0.5, 0.6) is 0 Å². The predicted octanol–water partition coefficient (Wildman–Crippen LogP) is 1.62. The number of carbonyl (C=O) groups excluding carboxylic acids is 1. The molecule has 1 aliphatic carbocycles. The van der Waals surface area contributed by atoms with E-state index in [2.05, 4.69) is 16.5 Å². The largest absolute Gasteiger partial charge is 0.338 e. The summed E-state index contributed by atoms with van der Waals surface area (Å²) in [6.07, 6.45) is 9.34. The Bertz CT molecular complexity index is 310. The summed E-state index contributed by atoms with van der Waals surface area (Å²) in [4.78, 5) is 14.0. The van der Waals surface area contributed by atoms with Crippen LogP contribution >= 0.6 is 11.8 Å². The Morgan fingerprint density at radius 1 is 1.24 bits per heavy atom. The van der Waals surface area contributed by atoms with Crippen molar-refractivity contribution in [2.75, 3.05) is 12.8 Å². The third-order valence-corrected chi connectivity index (χ3v) is 5.83. The molecule has 4 unspecified atom stereocenters. The van der Waals surface area contributed by atoms with Crippen LogP contribution in [0.25, 0.3) is 0 Å². The molecule has 1 amide bonds. The molecular formula is C13H22N2OS. The van der Waals surface area contributed by atoms with Gasteiger partial charge < -0.3 is 10.2 Å². The average molecular weight is 254 g/mol. The van der Waals surface area contributed by atoms with E-state index in [4.69, 9.17) is 0 Å². The fourth-order valence-corrected chi connectivity index (χ4v) is 4.75. The number of hydrogen-bond donors (Lipinski definition) is 1. The van der Waals surface area contributed by atoms with Crippen molar-refractivity contribution in [3.05, 3.63) is 0 Å². The number of amides is 1. The first-order valence-electron chi connectivity index (χ1n) is 6.88. The molecule has 3 nitrogen and oxygen atoms in total. The van der Waals surface area contributed by atoms with E-state index in [0.717, 1.165) is 18.2 Å². The third kappa shape index (κ3) is 2.10. The van der Waals surface area contributed by atoms with Crippen molar-refractivity contribution in [2.24, 2.45) is 0 Å². The lowest BCUT2D eigenvalue weighted by Crippen LogP contribution is -2.46. The van der Waals surface area contributed by atoms with E-state index in [1.165, 1.54) is 32.1 Å². The maximum absolute atomic E-state index is 11.9. The minimum atomic E-state index is 0.378. The molecule has 0 aromatic carbocycles. The highest BCUT2D eigenvalue weighted by molar-refractivity contribution is 7.99. The Labute approximate surface area is 108 Å². The van der Waals surface area contributed by atoms with Gasteiger partial charge in [0.2, 0.25) is 5.91 Å². The minimum Gasteiger partial charge on any atom is -0.338 e. The van der Waals surface area contributed by atoms with Crippen LogP contribution in [0.3, 0.4) is 0 Å². The smallest absolute Gasteiger partial charge is 0.224 e.